The summed E-state index contributed by atoms with van der Waals surface area (Å²) in [6, 6.07) is 8.36. The third kappa shape index (κ3) is 3.35. The van der Waals surface area contributed by atoms with Gasteiger partial charge in [-0.3, -0.25) is 0 Å². The number of phenols is 1. The van der Waals surface area contributed by atoms with Gasteiger partial charge in [0.05, 0.1) is 17.7 Å². The molecule has 1 atom stereocenters. The van der Waals surface area contributed by atoms with Gasteiger partial charge in [-0.15, -0.1) is 10.2 Å². The lowest BCUT2D eigenvalue weighted by molar-refractivity contribution is -0.00145. The van der Waals surface area contributed by atoms with Crippen molar-refractivity contribution in [1.82, 2.24) is 19.7 Å². The van der Waals surface area contributed by atoms with Crippen molar-refractivity contribution in [2.24, 2.45) is 0 Å². The predicted molar refractivity (Wildman–Crippen MR) is 89.5 cm³/mol. The second-order valence-corrected chi connectivity index (χ2v) is 6.27. The molecule has 1 saturated carbocycles. The molecule has 1 N–H and O–H groups in total. The maximum atomic E-state index is 13.2. The van der Waals surface area contributed by atoms with Gasteiger partial charge in [-0.1, -0.05) is 0 Å². The van der Waals surface area contributed by atoms with Crippen molar-refractivity contribution in [2.45, 2.75) is 31.3 Å². The molecule has 0 spiro atoms. The number of aromatic nitrogens is 4. The van der Waals surface area contributed by atoms with Crippen molar-refractivity contribution in [2.75, 3.05) is 0 Å². The van der Waals surface area contributed by atoms with Crippen LogP contribution < -0.4 is 4.74 Å². The largest absolute Gasteiger partial charge is 0.507 e. The summed E-state index contributed by atoms with van der Waals surface area (Å²) < 4.78 is 33.7. The van der Waals surface area contributed by atoms with E-state index in [2.05, 4.69) is 15.2 Å². The molecule has 0 amide bonds. The topological polar surface area (TPSA) is 73.1 Å². The Balaban J connectivity index is 1.50. The number of alkyl halides is 2. The smallest absolute Gasteiger partial charge is 0.251 e. The minimum Gasteiger partial charge on any atom is -0.507 e. The zero-order chi connectivity index (χ0) is 18.1. The van der Waals surface area contributed by atoms with Gasteiger partial charge >= 0.3 is 0 Å². The fraction of sp³-hybridized carbons (Fsp3) is 0.278. The molecule has 0 unspecified atom stereocenters. The average molecular weight is 358 g/mol. The predicted octanol–water partition coefficient (Wildman–Crippen LogP) is 3.60. The van der Waals surface area contributed by atoms with Crippen molar-refractivity contribution in [1.29, 1.82) is 0 Å². The van der Waals surface area contributed by atoms with Gasteiger partial charge in [0, 0.05) is 42.9 Å². The van der Waals surface area contributed by atoms with Crippen molar-refractivity contribution < 1.29 is 18.6 Å². The van der Waals surface area contributed by atoms with Crippen LogP contribution in [0.2, 0.25) is 0 Å². The Hall–Kier alpha value is -3.03. The molecule has 4 rings (SSSR count). The maximum absolute atomic E-state index is 13.2. The van der Waals surface area contributed by atoms with Crippen LogP contribution in [-0.4, -0.2) is 36.9 Å². The number of rotatable bonds is 4. The highest BCUT2D eigenvalue weighted by atomic mass is 19.3. The lowest BCUT2D eigenvalue weighted by Gasteiger charge is -2.13. The van der Waals surface area contributed by atoms with E-state index in [1.165, 1.54) is 0 Å². The summed E-state index contributed by atoms with van der Waals surface area (Å²) >= 11 is 0. The summed E-state index contributed by atoms with van der Waals surface area (Å²) in [5.41, 5.74) is 1.74. The van der Waals surface area contributed by atoms with Crippen molar-refractivity contribution in [3.8, 4) is 28.6 Å². The lowest BCUT2D eigenvalue weighted by atomic mass is 10.1. The highest BCUT2D eigenvalue weighted by Gasteiger charge is 2.40. The first-order valence-corrected chi connectivity index (χ1v) is 8.20. The van der Waals surface area contributed by atoms with Crippen molar-refractivity contribution >= 4 is 0 Å². The lowest BCUT2D eigenvalue weighted by Crippen LogP contribution is -2.17. The molecular formula is C18H16F2N4O2. The number of aromatic hydroxyl groups is 1. The Morgan fingerprint density at radius 3 is 2.69 bits per heavy atom. The minimum atomic E-state index is -2.67. The maximum Gasteiger partial charge on any atom is 0.251 e. The first kappa shape index (κ1) is 16.4. The number of nitrogens with zero attached hydrogens (tertiary/aromatic N) is 4. The van der Waals surface area contributed by atoms with E-state index in [1.54, 1.807) is 47.6 Å². The van der Waals surface area contributed by atoms with Crippen LogP contribution in [0.5, 0.6) is 11.6 Å². The number of phenolic OH excluding ortho intramolecular Hbond substituents is 1. The Labute approximate surface area is 148 Å². The van der Waals surface area contributed by atoms with Gasteiger partial charge in [0.25, 0.3) is 5.92 Å². The first-order valence-electron chi connectivity index (χ1n) is 8.20. The zero-order valence-corrected chi connectivity index (χ0v) is 13.7. The Morgan fingerprint density at radius 2 is 2.08 bits per heavy atom. The third-order valence-corrected chi connectivity index (χ3v) is 4.35. The molecule has 3 aromatic rings. The van der Waals surface area contributed by atoms with Crippen LogP contribution in [0, 0.1) is 0 Å². The van der Waals surface area contributed by atoms with Crippen molar-refractivity contribution in [3.63, 3.8) is 0 Å². The fourth-order valence-corrected chi connectivity index (χ4v) is 3.02. The van der Waals surface area contributed by atoms with Gasteiger partial charge in [-0.25, -0.2) is 13.8 Å². The van der Waals surface area contributed by atoms with E-state index < -0.39 is 12.0 Å². The van der Waals surface area contributed by atoms with Crippen LogP contribution in [0.15, 0.2) is 49.1 Å². The van der Waals surface area contributed by atoms with Gasteiger partial charge in [0.1, 0.15) is 11.9 Å². The Morgan fingerprint density at radius 1 is 1.19 bits per heavy atom. The molecule has 6 nitrogen and oxygen atoms in total. The van der Waals surface area contributed by atoms with Crippen LogP contribution in [0.3, 0.4) is 0 Å². The van der Waals surface area contributed by atoms with Gasteiger partial charge in [-0.2, -0.15) is 0 Å². The molecule has 2 aromatic heterocycles. The van der Waals surface area contributed by atoms with Crippen LogP contribution in [0.4, 0.5) is 8.78 Å². The Bertz CT molecular complexity index is 898. The Kier molecular flexibility index (Phi) is 4.02. The van der Waals surface area contributed by atoms with E-state index in [-0.39, 0.29) is 24.5 Å². The molecule has 1 aliphatic rings. The second kappa shape index (κ2) is 6.36. The fourth-order valence-electron chi connectivity index (χ4n) is 3.02. The summed E-state index contributed by atoms with van der Waals surface area (Å²) in [5.74, 6) is -2.42. The monoisotopic (exact) mass is 358 g/mol. The molecule has 1 aromatic carbocycles. The summed E-state index contributed by atoms with van der Waals surface area (Å²) in [7, 11) is 0. The summed E-state index contributed by atoms with van der Waals surface area (Å²) in [6.07, 6.45) is 4.34. The zero-order valence-electron chi connectivity index (χ0n) is 13.7. The molecule has 2 heterocycles. The molecule has 26 heavy (non-hydrogen) atoms. The normalized spacial score (nSPS) is 18.8. The van der Waals surface area contributed by atoms with Crippen LogP contribution >= 0.6 is 0 Å². The summed E-state index contributed by atoms with van der Waals surface area (Å²) in [6.45, 7) is 0. The number of halogens is 2. The molecule has 1 fully saturated rings. The highest BCUT2D eigenvalue weighted by Crippen LogP contribution is 2.37. The average Bonchev–Trinajstić information content (AvgIpc) is 3.25. The molecule has 0 saturated heterocycles. The quantitative estimate of drug-likeness (QED) is 0.771. The molecular weight excluding hydrogens is 342 g/mol. The first-order chi connectivity index (χ1) is 12.5. The third-order valence-electron chi connectivity index (χ3n) is 4.35. The van der Waals surface area contributed by atoms with E-state index in [9.17, 15) is 13.9 Å². The van der Waals surface area contributed by atoms with E-state index in [0.717, 1.165) is 5.69 Å². The summed E-state index contributed by atoms with van der Waals surface area (Å²) in [5, 5.41) is 18.3. The number of benzene rings is 1. The van der Waals surface area contributed by atoms with Gasteiger partial charge < -0.3 is 14.4 Å². The SMILES string of the molecule is Oc1cc(-n2ccnc2)ccc1-c1ccc(O[C@H]2CCC(F)(F)C2)nn1. The number of hydrogen-bond acceptors (Lipinski definition) is 5. The number of hydrogen-bond donors (Lipinski definition) is 1. The van der Waals surface area contributed by atoms with E-state index in [0.29, 0.717) is 17.7 Å². The van der Waals surface area contributed by atoms with Gasteiger partial charge in [-0.05, 0) is 24.6 Å². The molecule has 8 heteroatoms. The molecule has 1 aliphatic carbocycles. The number of imidazole rings is 1. The van der Waals surface area contributed by atoms with Crippen LogP contribution in [-0.2, 0) is 0 Å². The van der Waals surface area contributed by atoms with Crippen LogP contribution in [0.25, 0.3) is 16.9 Å². The molecule has 0 bridgehead atoms. The molecule has 134 valence electrons. The van der Waals surface area contributed by atoms with E-state index in [1.807, 2.05) is 6.07 Å². The van der Waals surface area contributed by atoms with Gasteiger partial charge in [0.15, 0.2) is 0 Å². The summed E-state index contributed by atoms with van der Waals surface area (Å²) in [4.78, 5) is 3.97. The van der Waals surface area contributed by atoms with Crippen molar-refractivity contribution in [3.05, 3.63) is 49.1 Å². The van der Waals surface area contributed by atoms with E-state index in [4.69, 9.17) is 4.74 Å². The number of ether oxygens (including phenoxy) is 1. The molecule has 0 radical (unpaired) electrons. The van der Waals surface area contributed by atoms with Gasteiger partial charge in [0.2, 0.25) is 5.88 Å². The second-order valence-electron chi connectivity index (χ2n) is 6.27. The van der Waals surface area contributed by atoms with Crippen LogP contribution in [0.1, 0.15) is 19.3 Å². The van der Waals surface area contributed by atoms with E-state index >= 15 is 0 Å². The standard InChI is InChI=1S/C18H16F2N4O2/c19-18(20)6-5-13(10-18)26-17-4-3-15(22-23-17)14-2-1-12(9-16(14)25)24-8-7-21-11-24/h1-4,7-9,11,13,25H,5-6,10H2/t13-/m0/s1. The highest BCUT2D eigenvalue weighted by molar-refractivity contribution is 5.68. The minimum absolute atomic E-state index is 0.0506. The molecule has 0 aliphatic heterocycles.